The van der Waals surface area contributed by atoms with Gasteiger partial charge in [-0.3, -0.25) is 5.43 Å². The van der Waals surface area contributed by atoms with Crippen molar-refractivity contribution in [1.82, 2.24) is 9.97 Å². The van der Waals surface area contributed by atoms with Crippen LogP contribution < -0.4 is 16.6 Å². The van der Waals surface area contributed by atoms with Gasteiger partial charge < -0.3 is 5.32 Å². The van der Waals surface area contributed by atoms with Gasteiger partial charge in [0.15, 0.2) is 0 Å². The van der Waals surface area contributed by atoms with Crippen LogP contribution in [0, 0.1) is 11.3 Å². The van der Waals surface area contributed by atoms with Crippen LogP contribution in [0.3, 0.4) is 0 Å². The lowest BCUT2D eigenvalue weighted by atomic mass is 10.2. The van der Waals surface area contributed by atoms with Gasteiger partial charge in [0.1, 0.15) is 16.7 Å². The molecule has 21 heavy (non-hydrogen) atoms. The van der Waals surface area contributed by atoms with Crippen LogP contribution in [-0.2, 0) is 0 Å². The van der Waals surface area contributed by atoms with Crippen molar-refractivity contribution in [2.45, 2.75) is 0 Å². The van der Waals surface area contributed by atoms with E-state index in [9.17, 15) is 5.26 Å². The standard InChI is InChI=1S/C13H9BrN6S/c14-8-2-1-7(6-15)10(5-8)17-11-9-3-4-21-12(9)19-13(18-11)20-16/h1-5H,16H2,(H2,17,18,19,20). The number of nitriles is 1. The fourth-order valence-electron chi connectivity index (χ4n) is 1.86. The highest BCUT2D eigenvalue weighted by Gasteiger charge is 2.11. The van der Waals surface area contributed by atoms with Crippen molar-refractivity contribution in [1.29, 1.82) is 5.26 Å². The summed E-state index contributed by atoms with van der Waals surface area (Å²) < 4.78 is 0.872. The lowest BCUT2D eigenvalue weighted by Crippen LogP contribution is -2.11. The van der Waals surface area contributed by atoms with Crippen LogP contribution in [0.2, 0.25) is 0 Å². The Labute approximate surface area is 132 Å². The van der Waals surface area contributed by atoms with Crippen molar-refractivity contribution in [2.75, 3.05) is 10.7 Å². The van der Waals surface area contributed by atoms with Crippen molar-refractivity contribution in [3.8, 4) is 6.07 Å². The molecule has 4 N–H and O–H groups in total. The SMILES string of the molecule is N#Cc1ccc(Br)cc1Nc1nc(NN)nc2sccc12. The molecule has 8 heteroatoms. The number of aromatic nitrogens is 2. The zero-order chi connectivity index (χ0) is 14.8. The summed E-state index contributed by atoms with van der Waals surface area (Å²) in [7, 11) is 0. The lowest BCUT2D eigenvalue weighted by molar-refractivity contribution is 1.16. The molecule has 0 bridgehead atoms. The van der Waals surface area contributed by atoms with Crippen molar-refractivity contribution in [2.24, 2.45) is 5.84 Å². The first-order chi connectivity index (χ1) is 10.2. The number of nitrogens with two attached hydrogens (primary N) is 1. The molecule has 1 aromatic carbocycles. The smallest absolute Gasteiger partial charge is 0.240 e. The molecule has 3 rings (SSSR count). The first kappa shape index (κ1) is 13.8. The van der Waals surface area contributed by atoms with E-state index >= 15 is 0 Å². The van der Waals surface area contributed by atoms with Crippen LogP contribution in [0.1, 0.15) is 5.56 Å². The number of hydrogen-bond donors (Lipinski definition) is 3. The van der Waals surface area contributed by atoms with Crippen molar-refractivity contribution in [3.63, 3.8) is 0 Å². The molecule has 0 atom stereocenters. The molecule has 0 aliphatic rings. The number of fused-ring (bicyclic) bond motifs is 1. The molecule has 0 aliphatic carbocycles. The van der Waals surface area contributed by atoms with Gasteiger partial charge in [0.05, 0.1) is 16.6 Å². The van der Waals surface area contributed by atoms with E-state index in [4.69, 9.17) is 5.84 Å². The van der Waals surface area contributed by atoms with Crippen molar-refractivity contribution >= 4 is 54.9 Å². The molecule has 0 fully saturated rings. The Balaban J connectivity index is 2.12. The van der Waals surface area contributed by atoms with E-state index in [1.54, 1.807) is 6.07 Å². The number of nitrogens with zero attached hydrogens (tertiary/aromatic N) is 3. The fraction of sp³-hybridized carbons (Fsp3) is 0. The molecule has 6 nitrogen and oxygen atoms in total. The minimum Gasteiger partial charge on any atom is -0.338 e. The number of anilines is 3. The first-order valence-corrected chi connectivity index (χ1v) is 7.57. The molecule has 0 unspecified atom stereocenters. The number of hydrogen-bond acceptors (Lipinski definition) is 7. The topological polar surface area (TPSA) is 99.7 Å². The third kappa shape index (κ3) is 2.67. The van der Waals surface area contributed by atoms with Crippen LogP contribution in [0.4, 0.5) is 17.5 Å². The number of nitrogens with one attached hydrogen (secondary N) is 2. The van der Waals surface area contributed by atoms with Gasteiger partial charge in [0.2, 0.25) is 5.95 Å². The summed E-state index contributed by atoms with van der Waals surface area (Å²) in [4.78, 5) is 9.40. The third-order valence-electron chi connectivity index (χ3n) is 2.81. The zero-order valence-corrected chi connectivity index (χ0v) is 13.0. The number of hydrazine groups is 1. The summed E-state index contributed by atoms with van der Waals surface area (Å²) >= 11 is 4.89. The molecular weight excluding hydrogens is 352 g/mol. The molecule has 0 amide bonds. The van der Waals surface area contributed by atoms with Crippen molar-refractivity contribution < 1.29 is 0 Å². The Bertz CT molecular complexity index is 853. The van der Waals surface area contributed by atoms with E-state index in [0.29, 0.717) is 23.0 Å². The molecule has 2 heterocycles. The van der Waals surface area contributed by atoms with E-state index in [2.05, 4.69) is 42.7 Å². The van der Waals surface area contributed by atoms with Gasteiger partial charge in [-0.25, -0.2) is 10.8 Å². The number of halogens is 1. The van der Waals surface area contributed by atoms with Gasteiger partial charge in [-0.2, -0.15) is 10.2 Å². The Hall–Kier alpha value is -2.21. The second kappa shape index (κ2) is 5.65. The predicted molar refractivity (Wildman–Crippen MR) is 87.4 cm³/mol. The minimum atomic E-state index is 0.320. The third-order valence-corrected chi connectivity index (χ3v) is 4.11. The lowest BCUT2D eigenvalue weighted by Gasteiger charge is -2.10. The molecule has 0 saturated heterocycles. The van der Waals surface area contributed by atoms with Crippen LogP contribution in [0.15, 0.2) is 34.1 Å². The molecule has 0 radical (unpaired) electrons. The van der Waals surface area contributed by atoms with Gasteiger partial charge in [-0.05, 0) is 29.6 Å². The van der Waals surface area contributed by atoms with Gasteiger partial charge in [-0.1, -0.05) is 15.9 Å². The first-order valence-electron chi connectivity index (χ1n) is 5.90. The molecule has 0 spiro atoms. The maximum atomic E-state index is 9.19. The predicted octanol–water partition coefficient (Wildman–Crippen LogP) is 3.35. The van der Waals surface area contributed by atoms with E-state index in [0.717, 1.165) is 14.7 Å². The zero-order valence-electron chi connectivity index (χ0n) is 10.6. The van der Waals surface area contributed by atoms with E-state index in [1.807, 2.05) is 23.6 Å². The Kier molecular flexibility index (Phi) is 3.70. The summed E-state index contributed by atoms with van der Waals surface area (Å²) in [5, 5.41) is 15.2. The van der Waals surface area contributed by atoms with Gasteiger partial charge in [0, 0.05) is 4.47 Å². The normalized spacial score (nSPS) is 10.3. The molecule has 104 valence electrons. The summed E-state index contributed by atoms with van der Waals surface area (Å²) in [5.74, 6) is 6.32. The second-order valence-corrected chi connectivity index (χ2v) is 5.92. The number of nitrogen functional groups attached to an aromatic ring is 1. The quantitative estimate of drug-likeness (QED) is 0.489. The summed E-state index contributed by atoms with van der Waals surface area (Å²) in [6.45, 7) is 0. The molecule has 0 saturated carbocycles. The number of rotatable bonds is 3. The van der Waals surface area contributed by atoms with Crippen LogP contribution >= 0.6 is 27.3 Å². The van der Waals surface area contributed by atoms with Gasteiger partial charge >= 0.3 is 0 Å². The highest BCUT2D eigenvalue weighted by atomic mass is 79.9. The Morgan fingerprint density at radius 1 is 1.29 bits per heavy atom. The van der Waals surface area contributed by atoms with Crippen molar-refractivity contribution in [3.05, 3.63) is 39.7 Å². The highest BCUT2D eigenvalue weighted by molar-refractivity contribution is 9.10. The van der Waals surface area contributed by atoms with E-state index in [1.165, 1.54) is 11.3 Å². The highest BCUT2D eigenvalue weighted by Crippen LogP contribution is 2.30. The van der Waals surface area contributed by atoms with Crippen LogP contribution in [0.5, 0.6) is 0 Å². The number of benzene rings is 1. The van der Waals surface area contributed by atoms with Gasteiger partial charge in [-0.15, -0.1) is 11.3 Å². The molecular formula is C13H9BrN6S. The number of thiophene rings is 1. The average Bonchev–Trinajstić information content (AvgIpc) is 2.96. The second-order valence-electron chi connectivity index (χ2n) is 4.11. The Morgan fingerprint density at radius 3 is 2.90 bits per heavy atom. The summed E-state index contributed by atoms with van der Waals surface area (Å²) in [6.07, 6.45) is 0. The van der Waals surface area contributed by atoms with E-state index in [-0.39, 0.29) is 0 Å². The largest absolute Gasteiger partial charge is 0.338 e. The van der Waals surface area contributed by atoms with Crippen LogP contribution in [0.25, 0.3) is 10.2 Å². The monoisotopic (exact) mass is 360 g/mol. The Morgan fingerprint density at radius 2 is 2.14 bits per heavy atom. The minimum absolute atomic E-state index is 0.320. The van der Waals surface area contributed by atoms with E-state index < -0.39 is 0 Å². The maximum Gasteiger partial charge on any atom is 0.240 e. The maximum absolute atomic E-state index is 9.19. The summed E-state index contributed by atoms with van der Waals surface area (Å²) in [6, 6.07) is 9.45. The fourth-order valence-corrected chi connectivity index (χ4v) is 2.99. The molecule has 0 aliphatic heterocycles. The average molecular weight is 361 g/mol. The van der Waals surface area contributed by atoms with Gasteiger partial charge in [0.25, 0.3) is 0 Å². The summed E-state index contributed by atoms with van der Waals surface area (Å²) in [5.41, 5.74) is 3.64. The molecule has 2 aromatic heterocycles. The van der Waals surface area contributed by atoms with Crippen LogP contribution in [-0.4, -0.2) is 9.97 Å². The molecule has 3 aromatic rings.